The van der Waals surface area contributed by atoms with E-state index in [1.54, 1.807) is 6.92 Å². The predicted molar refractivity (Wildman–Crippen MR) is 94.3 cm³/mol. The molecule has 2 rings (SSSR count). The molecule has 0 unspecified atom stereocenters. The maximum atomic E-state index is 12.2. The third-order valence-electron chi connectivity index (χ3n) is 3.68. The molecule has 1 amide bonds. The fourth-order valence-electron chi connectivity index (χ4n) is 2.06. The lowest BCUT2D eigenvalue weighted by atomic mass is 10.2. The highest BCUT2D eigenvalue weighted by atomic mass is 32.2. The van der Waals surface area contributed by atoms with Crippen molar-refractivity contribution in [3.8, 4) is 0 Å². The first-order valence-electron chi connectivity index (χ1n) is 8.49. The molecule has 148 valence electrons. The van der Waals surface area contributed by atoms with Gasteiger partial charge in [-0.05, 0) is 51.0 Å². The lowest BCUT2D eigenvalue weighted by molar-refractivity contribution is -0.153. The van der Waals surface area contributed by atoms with Crippen molar-refractivity contribution in [2.45, 2.75) is 43.7 Å². The zero-order valence-corrected chi connectivity index (χ0v) is 15.9. The van der Waals surface area contributed by atoms with E-state index in [-0.39, 0.29) is 23.1 Å². The second-order valence-electron chi connectivity index (χ2n) is 5.98. The number of hydrogen-bond donors (Lipinski definition) is 2. The van der Waals surface area contributed by atoms with Crippen LogP contribution in [-0.2, 0) is 29.1 Å². The summed E-state index contributed by atoms with van der Waals surface area (Å²) in [4.78, 5) is 34.9. The molecule has 1 aliphatic carbocycles. The van der Waals surface area contributed by atoms with Gasteiger partial charge >= 0.3 is 11.9 Å². The van der Waals surface area contributed by atoms with E-state index < -0.39 is 40.5 Å². The molecule has 1 aromatic carbocycles. The molecule has 0 aliphatic heterocycles. The van der Waals surface area contributed by atoms with Crippen molar-refractivity contribution in [1.82, 2.24) is 10.0 Å². The van der Waals surface area contributed by atoms with Crippen LogP contribution in [0.1, 0.15) is 37.0 Å². The number of carbonyl (C=O) groups excluding carboxylic acids is 3. The summed E-state index contributed by atoms with van der Waals surface area (Å²) in [6.07, 6.45) is 0.800. The van der Waals surface area contributed by atoms with Crippen molar-refractivity contribution < 1.29 is 32.3 Å². The fourth-order valence-corrected chi connectivity index (χ4v) is 3.03. The number of rotatable bonds is 9. The molecule has 1 aromatic rings. The van der Waals surface area contributed by atoms with Crippen molar-refractivity contribution in [3.63, 3.8) is 0 Å². The quantitative estimate of drug-likeness (QED) is 0.575. The van der Waals surface area contributed by atoms with E-state index in [0.29, 0.717) is 0 Å². The highest BCUT2D eigenvalue weighted by Gasteiger charge is 2.27. The monoisotopic (exact) mass is 398 g/mol. The van der Waals surface area contributed by atoms with Gasteiger partial charge in [0, 0.05) is 6.04 Å². The van der Waals surface area contributed by atoms with E-state index >= 15 is 0 Å². The zero-order valence-electron chi connectivity index (χ0n) is 15.1. The Labute approximate surface area is 157 Å². The van der Waals surface area contributed by atoms with Crippen molar-refractivity contribution in [2.75, 3.05) is 13.2 Å². The second kappa shape index (κ2) is 8.96. The molecule has 1 saturated carbocycles. The number of esters is 2. The molecule has 0 heterocycles. The van der Waals surface area contributed by atoms with Crippen LogP contribution in [0.15, 0.2) is 29.2 Å². The van der Waals surface area contributed by atoms with Gasteiger partial charge in [-0.15, -0.1) is 0 Å². The number of carbonyl (C=O) groups is 3. The Kier molecular flexibility index (Phi) is 6.92. The largest absolute Gasteiger partial charge is 0.462 e. The standard InChI is InChI=1S/C17H22N2O7S/c1-3-25-17(22)12-4-8-14(9-5-12)27(23,24)18-10-15(20)26-11(2)16(21)19-13-6-7-13/h4-5,8-9,11,13,18H,3,6-7,10H2,1-2H3,(H,19,21)/t11-/m0/s1. The van der Waals surface area contributed by atoms with E-state index in [1.165, 1.54) is 31.2 Å². The average Bonchev–Trinajstić information content (AvgIpc) is 3.44. The minimum atomic E-state index is -3.98. The smallest absolute Gasteiger partial charge is 0.338 e. The summed E-state index contributed by atoms with van der Waals surface area (Å²) in [6, 6.07) is 5.22. The van der Waals surface area contributed by atoms with E-state index in [0.717, 1.165) is 12.8 Å². The molecule has 9 nitrogen and oxygen atoms in total. The maximum absolute atomic E-state index is 12.2. The molecule has 0 saturated heterocycles. The Morgan fingerprint density at radius 1 is 1.19 bits per heavy atom. The van der Waals surface area contributed by atoms with Crippen LogP contribution in [0, 0.1) is 0 Å². The zero-order chi connectivity index (χ0) is 20.0. The summed E-state index contributed by atoms with van der Waals surface area (Å²) in [7, 11) is -3.98. The van der Waals surface area contributed by atoms with Gasteiger partial charge in [0.1, 0.15) is 6.54 Å². The van der Waals surface area contributed by atoms with Crippen LogP contribution >= 0.6 is 0 Å². The van der Waals surface area contributed by atoms with E-state index in [2.05, 4.69) is 10.0 Å². The molecule has 1 aliphatic rings. The van der Waals surface area contributed by atoms with E-state index in [1.807, 2.05) is 0 Å². The van der Waals surface area contributed by atoms with Gasteiger partial charge in [-0.2, -0.15) is 4.72 Å². The van der Waals surface area contributed by atoms with Gasteiger partial charge in [0.25, 0.3) is 5.91 Å². The van der Waals surface area contributed by atoms with Gasteiger partial charge in [-0.1, -0.05) is 0 Å². The van der Waals surface area contributed by atoms with Gasteiger partial charge in [-0.25, -0.2) is 13.2 Å². The second-order valence-corrected chi connectivity index (χ2v) is 7.75. The molecule has 0 bridgehead atoms. The summed E-state index contributed by atoms with van der Waals surface area (Å²) >= 11 is 0. The first-order valence-corrected chi connectivity index (χ1v) is 9.98. The molecule has 2 N–H and O–H groups in total. The molecule has 10 heteroatoms. The highest BCUT2D eigenvalue weighted by molar-refractivity contribution is 7.89. The number of hydrogen-bond acceptors (Lipinski definition) is 7. The van der Waals surface area contributed by atoms with Crippen LogP contribution in [0.2, 0.25) is 0 Å². The Bertz CT molecular complexity index is 801. The average molecular weight is 398 g/mol. The number of ether oxygens (including phenoxy) is 2. The van der Waals surface area contributed by atoms with Crippen LogP contribution in [0.5, 0.6) is 0 Å². The molecule has 1 atom stereocenters. The first-order chi connectivity index (χ1) is 12.7. The predicted octanol–water partition coefficient (Wildman–Crippen LogP) is 0.352. The van der Waals surface area contributed by atoms with Gasteiger partial charge < -0.3 is 14.8 Å². The Morgan fingerprint density at radius 2 is 1.81 bits per heavy atom. The molecular formula is C17H22N2O7S. The van der Waals surface area contributed by atoms with Crippen LogP contribution in [0.4, 0.5) is 0 Å². The topological polar surface area (TPSA) is 128 Å². The number of nitrogens with one attached hydrogen (secondary N) is 2. The summed E-state index contributed by atoms with van der Waals surface area (Å²) < 4.78 is 36.2. The summed E-state index contributed by atoms with van der Waals surface area (Å²) in [5.41, 5.74) is 0.214. The lowest BCUT2D eigenvalue weighted by Gasteiger charge is -2.13. The van der Waals surface area contributed by atoms with Crippen LogP contribution in [0.3, 0.4) is 0 Å². The lowest BCUT2D eigenvalue weighted by Crippen LogP contribution is -2.39. The van der Waals surface area contributed by atoms with Gasteiger partial charge in [-0.3, -0.25) is 9.59 Å². The number of benzene rings is 1. The number of sulfonamides is 1. The number of amides is 1. The first kappa shape index (κ1) is 20.8. The normalized spacial score (nSPS) is 14.9. The molecule has 0 aromatic heterocycles. The SMILES string of the molecule is CCOC(=O)c1ccc(S(=O)(=O)NCC(=O)O[C@@H](C)C(=O)NC2CC2)cc1. The Morgan fingerprint density at radius 3 is 2.37 bits per heavy atom. The van der Waals surface area contributed by atoms with Crippen molar-refractivity contribution in [2.24, 2.45) is 0 Å². The minimum absolute atomic E-state index is 0.122. The maximum Gasteiger partial charge on any atom is 0.338 e. The van der Waals surface area contributed by atoms with Gasteiger partial charge in [0.2, 0.25) is 10.0 Å². The summed E-state index contributed by atoms with van der Waals surface area (Å²) in [5, 5.41) is 2.69. The fraction of sp³-hybridized carbons (Fsp3) is 0.471. The summed E-state index contributed by atoms with van der Waals surface area (Å²) in [5.74, 6) is -1.85. The molecular weight excluding hydrogens is 376 g/mol. The van der Waals surface area contributed by atoms with Crippen LogP contribution in [0.25, 0.3) is 0 Å². The van der Waals surface area contributed by atoms with Gasteiger partial charge in [0.15, 0.2) is 6.10 Å². The third-order valence-corrected chi connectivity index (χ3v) is 5.10. The van der Waals surface area contributed by atoms with Crippen LogP contribution in [-0.4, -0.2) is 51.6 Å². The summed E-state index contributed by atoms with van der Waals surface area (Å²) in [6.45, 7) is 2.66. The van der Waals surface area contributed by atoms with Crippen molar-refractivity contribution in [3.05, 3.63) is 29.8 Å². The van der Waals surface area contributed by atoms with Crippen LogP contribution < -0.4 is 10.0 Å². The minimum Gasteiger partial charge on any atom is -0.462 e. The van der Waals surface area contributed by atoms with E-state index in [9.17, 15) is 22.8 Å². The van der Waals surface area contributed by atoms with Crippen molar-refractivity contribution >= 4 is 27.9 Å². The molecule has 1 fully saturated rings. The van der Waals surface area contributed by atoms with E-state index in [4.69, 9.17) is 9.47 Å². The molecule has 0 radical (unpaired) electrons. The third kappa shape index (κ3) is 6.33. The van der Waals surface area contributed by atoms with Crippen molar-refractivity contribution in [1.29, 1.82) is 0 Å². The van der Waals surface area contributed by atoms with Gasteiger partial charge in [0.05, 0.1) is 17.1 Å². The Hall–Kier alpha value is -2.46. The highest BCUT2D eigenvalue weighted by Crippen LogP contribution is 2.18. The Balaban J connectivity index is 1.86. The molecule has 27 heavy (non-hydrogen) atoms. The molecule has 0 spiro atoms.